The Kier molecular flexibility index (Phi) is 3.76. The number of aromatic nitrogens is 2. The van der Waals surface area contributed by atoms with Gasteiger partial charge in [-0.3, -0.25) is 14.6 Å². The second-order valence-corrected chi connectivity index (χ2v) is 6.66. The quantitative estimate of drug-likeness (QED) is 0.812. The van der Waals surface area contributed by atoms with E-state index >= 15 is 0 Å². The second kappa shape index (κ2) is 5.94. The lowest BCUT2D eigenvalue weighted by molar-refractivity contribution is -0.139. The summed E-state index contributed by atoms with van der Waals surface area (Å²) in [5.41, 5.74) is 0.618. The lowest BCUT2D eigenvalue weighted by atomic mass is 9.72. The number of rotatable bonds is 3. The van der Waals surface area contributed by atoms with Crippen molar-refractivity contribution in [1.82, 2.24) is 14.9 Å². The number of hydrogen-bond acceptors (Lipinski definition) is 4. The number of carbonyl (C=O) groups excluding carboxylic acids is 1. The van der Waals surface area contributed by atoms with Crippen LogP contribution in [0.1, 0.15) is 18.4 Å². The van der Waals surface area contributed by atoms with E-state index in [1.807, 2.05) is 6.07 Å². The zero-order valence-electron chi connectivity index (χ0n) is 13.4. The normalized spacial score (nSPS) is 24.2. The SMILES string of the molecule is O=C1N(c2ncccn2)CC12CCCN(Cc1cccc(F)c1)C2. The zero-order valence-corrected chi connectivity index (χ0v) is 13.4. The maximum absolute atomic E-state index is 13.4. The van der Waals surface area contributed by atoms with Crippen LogP contribution < -0.4 is 4.90 Å². The fourth-order valence-electron chi connectivity index (χ4n) is 3.79. The van der Waals surface area contributed by atoms with Crippen LogP contribution in [-0.2, 0) is 11.3 Å². The fraction of sp³-hybridized carbons (Fsp3) is 0.389. The van der Waals surface area contributed by atoms with E-state index in [0.29, 0.717) is 25.6 Å². The van der Waals surface area contributed by atoms with Crippen LogP contribution in [0, 0.1) is 11.2 Å². The van der Waals surface area contributed by atoms with Gasteiger partial charge in [0.25, 0.3) is 0 Å². The van der Waals surface area contributed by atoms with E-state index in [2.05, 4.69) is 14.9 Å². The molecular weight excluding hydrogens is 307 g/mol. The molecule has 2 aliphatic rings. The highest BCUT2D eigenvalue weighted by molar-refractivity contribution is 6.03. The number of benzene rings is 1. The van der Waals surface area contributed by atoms with Crippen LogP contribution in [0.25, 0.3) is 0 Å². The number of halogens is 1. The summed E-state index contributed by atoms with van der Waals surface area (Å²) in [6, 6.07) is 8.41. The predicted octanol–water partition coefficient (Wildman–Crippen LogP) is 2.24. The Hall–Kier alpha value is -2.34. The molecule has 0 saturated carbocycles. The molecule has 0 N–H and O–H groups in total. The van der Waals surface area contributed by atoms with Crippen molar-refractivity contribution in [3.63, 3.8) is 0 Å². The van der Waals surface area contributed by atoms with Crippen LogP contribution in [0.2, 0.25) is 0 Å². The molecule has 1 atom stereocenters. The van der Waals surface area contributed by atoms with Gasteiger partial charge in [-0.25, -0.2) is 14.4 Å². The van der Waals surface area contributed by atoms with E-state index in [1.165, 1.54) is 6.07 Å². The number of nitrogens with zero attached hydrogens (tertiary/aromatic N) is 4. The van der Waals surface area contributed by atoms with Gasteiger partial charge in [-0.2, -0.15) is 0 Å². The molecule has 0 bridgehead atoms. The summed E-state index contributed by atoms with van der Waals surface area (Å²) < 4.78 is 13.4. The molecule has 1 aromatic heterocycles. The summed E-state index contributed by atoms with van der Waals surface area (Å²) in [5, 5.41) is 0. The van der Waals surface area contributed by atoms with E-state index in [4.69, 9.17) is 0 Å². The van der Waals surface area contributed by atoms with Gasteiger partial charge in [-0.1, -0.05) is 12.1 Å². The smallest absolute Gasteiger partial charge is 0.238 e. The van der Waals surface area contributed by atoms with Crippen LogP contribution in [0.3, 0.4) is 0 Å². The first-order chi connectivity index (χ1) is 11.7. The van der Waals surface area contributed by atoms with Crippen LogP contribution in [-0.4, -0.2) is 40.4 Å². The van der Waals surface area contributed by atoms with Crippen LogP contribution in [0.4, 0.5) is 10.3 Å². The van der Waals surface area contributed by atoms with Crippen LogP contribution in [0.15, 0.2) is 42.7 Å². The minimum absolute atomic E-state index is 0.109. The summed E-state index contributed by atoms with van der Waals surface area (Å²) in [5.74, 6) is 0.374. The topological polar surface area (TPSA) is 49.3 Å². The number of likely N-dealkylation sites (tertiary alicyclic amines) is 1. The van der Waals surface area contributed by atoms with Gasteiger partial charge >= 0.3 is 0 Å². The molecule has 2 aromatic rings. The zero-order chi connectivity index (χ0) is 16.6. The van der Waals surface area contributed by atoms with Crippen molar-refractivity contribution in [2.45, 2.75) is 19.4 Å². The molecule has 1 spiro atoms. The molecular formula is C18H19FN4O. The third-order valence-corrected chi connectivity index (χ3v) is 4.90. The lowest BCUT2D eigenvalue weighted by Crippen LogP contribution is -2.67. The van der Waals surface area contributed by atoms with Gasteiger partial charge in [-0.05, 0) is 43.1 Å². The second-order valence-electron chi connectivity index (χ2n) is 6.66. The maximum atomic E-state index is 13.4. The number of β-lactam (4-membered cyclic amide) rings is 1. The van der Waals surface area contributed by atoms with E-state index in [9.17, 15) is 9.18 Å². The summed E-state index contributed by atoms with van der Waals surface area (Å²) >= 11 is 0. The van der Waals surface area contributed by atoms with Gasteiger partial charge < -0.3 is 0 Å². The molecule has 2 saturated heterocycles. The van der Waals surface area contributed by atoms with Gasteiger partial charge in [0.1, 0.15) is 5.82 Å². The first kappa shape index (κ1) is 15.2. The molecule has 0 aliphatic carbocycles. The van der Waals surface area contributed by atoms with E-state index in [0.717, 1.165) is 24.9 Å². The maximum Gasteiger partial charge on any atom is 0.238 e. The standard InChI is InChI=1S/C18H19FN4O/c19-15-5-1-4-14(10-15)11-22-9-2-6-18(12-22)13-23(16(18)24)17-20-7-3-8-21-17/h1,3-5,7-8,10H,2,6,9,11-13H2. The number of anilines is 1. The minimum atomic E-state index is -0.329. The van der Waals surface area contributed by atoms with Crippen molar-refractivity contribution in [2.24, 2.45) is 5.41 Å². The molecule has 6 heteroatoms. The van der Waals surface area contributed by atoms with Crippen LogP contribution in [0.5, 0.6) is 0 Å². The van der Waals surface area contributed by atoms with Gasteiger partial charge in [0, 0.05) is 32.0 Å². The molecule has 124 valence electrons. The van der Waals surface area contributed by atoms with Gasteiger partial charge in [0.15, 0.2) is 0 Å². The van der Waals surface area contributed by atoms with E-state index in [1.54, 1.807) is 35.5 Å². The summed E-state index contributed by atoms with van der Waals surface area (Å²) in [7, 11) is 0. The number of piperidine rings is 1. The minimum Gasteiger partial charge on any atom is -0.298 e. The van der Waals surface area contributed by atoms with E-state index < -0.39 is 0 Å². The Bertz CT molecular complexity index is 754. The van der Waals surface area contributed by atoms with Crippen molar-refractivity contribution in [1.29, 1.82) is 0 Å². The van der Waals surface area contributed by atoms with Crippen molar-refractivity contribution >= 4 is 11.9 Å². The van der Waals surface area contributed by atoms with Gasteiger partial charge in [0.05, 0.1) is 5.41 Å². The number of carbonyl (C=O) groups is 1. The predicted molar refractivity (Wildman–Crippen MR) is 87.7 cm³/mol. The first-order valence-electron chi connectivity index (χ1n) is 8.22. The number of amides is 1. The highest BCUT2D eigenvalue weighted by atomic mass is 19.1. The molecule has 0 radical (unpaired) electrons. The monoisotopic (exact) mass is 326 g/mol. The first-order valence-corrected chi connectivity index (χ1v) is 8.22. The van der Waals surface area contributed by atoms with Crippen LogP contribution >= 0.6 is 0 Å². The van der Waals surface area contributed by atoms with E-state index in [-0.39, 0.29) is 17.1 Å². The largest absolute Gasteiger partial charge is 0.298 e. The average Bonchev–Trinajstić information content (AvgIpc) is 2.60. The van der Waals surface area contributed by atoms with Gasteiger partial charge in [0.2, 0.25) is 11.9 Å². The Labute approximate surface area is 140 Å². The Balaban J connectivity index is 1.45. The number of hydrogen-bond donors (Lipinski definition) is 0. The Morgan fingerprint density at radius 1 is 1.17 bits per heavy atom. The summed E-state index contributed by atoms with van der Waals surface area (Å²) in [6.07, 6.45) is 5.18. The van der Waals surface area contributed by atoms with Gasteiger partial charge in [-0.15, -0.1) is 0 Å². The average molecular weight is 326 g/mol. The molecule has 24 heavy (non-hydrogen) atoms. The van der Waals surface area contributed by atoms with Crippen molar-refractivity contribution in [3.8, 4) is 0 Å². The molecule has 3 heterocycles. The molecule has 1 aromatic carbocycles. The third-order valence-electron chi connectivity index (χ3n) is 4.90. The Morgan fingerprint density at radius 2 is 2.00 bits per heavy atom. The van der Waals surface area contributed by atoms with Crippen molar-refractivity contribution in [3.05, 3.63) is 54.1 Å². The molecule has 5 nitrogen and oxygen atoms in total. The highest BCUT2D eigenvalue weighted by Crippen LogP contribution is 2.41. The van der Waals surface area contributed by atoms with Crippen molar-refractivity contribution in [2.75, 3.05) is 24.5 Å². The molecule has 1 amide bonds. The van der Waals surface area contributed by atoms with Crippen molar-refractivity contribution < 1.29 is 9.18 Å². The summed E-state index contributed by atoms with van der Waals surface area (Å²) in [4.78, 5) is 25.0. The highest BCUT2D eigenvalue weighted by Gasteiger charge is 2.54. The Morgan fingerprint density at radius 3 is 2.75 bits per heavy atom. The molecule has 2 aliphatic heterocycles. The fourth-order valence-corrected chi connectivity index (χ4v) is 3.79. The third kappa shape index (κ3) is 2.67. The molecule has 2 fully saturated rings. The molecule has 4 rings (SSSR count). The summed E-state index contributed by atoms with van der Waals surface area (Å²) in [6.45, 7) is 2.99. The molecule has 1 unspecified atom stereocenters. The lowest BCUT2D eigenvalue weighted by Gasteiger charge is -2.52.